The van der Waals surface area contributed by atoms with E-state index in [-0.39, 0.29) is 11.9 Å². The molecule has 0 saturated heterocycles. The van der Waals surface area contributed by atoms with Gasteiger partial charge in [-0.25, -0.2) is 0 Å². The molecule has 1 atom stereocenters. The van der Waals surface area contributed by atoms with Gasteiger partial charge < -0.3 is 10.2 Å². The molecule has 0 radical (unpaired) electrons. The summed E-state index contributed by atoms with van der Waals surface area (Å²) >= 11 is 0. The highest BCUT2D eigenvalue weighted by molar-refractivity contribution is 5.81. The van der Waals surface area contributed by atoms with E-state index in [4.69, 9.17) is 0 Å². The fourth-order valence-electron chi connectivity index (χ4n) is 1.47. The quantitative estimate of drug-likeness (QED) is 0.794. The first-order valence-electron chi connectivity index (χ1n) is 5.07. The molecule has 15 heavy (non-hydrogen) atoms. The first-order chi connectivity index (χ1) is 7.15. The van der Waals surface area contributed by atoms with Crippen LogP contribution < -0.4 is 5.32 Å². The van der Waals surface area contributed by atoms with E-state index >= 15 is 0 Å². The van der Waals surface area contributed by atoms with Crippen LogP contribution in [0.1, 0.15) is 5.56 Å². The van der Waals surface area contributed by atoms with Crippen LogP contribution in [0.5, 0.6) is 0 Å². The zero-order chi connectivity index (χ0) is 11.3. The van der Waals surface area contributed by atoms with E-state index in [1.54, 1.807) is 19.0 Å². The van der Waals surface area contributed by atoms with Gasteiger partial charge in [0.2, 0.25) is 5.91 Å². The van der Waals surface area contributed by atoms with Crippen LogP contribution in [-0.2, 0) is 11.2 Å². The molecule has 0 aliphatic rings. The number of hydrogen-bond donors (Lipinski definition) is 1. The van der Waals surface area contributed by atoms with Gasteiger partial charge in [-0.3, -0.25) is 4.79 Å². The van der Waals surface area contributed by atoms with Crippen LogP contribution in [0.25, 0.3) is 0 Å². The zero-order valence-electron chi connectivity index (χ0n) is 9.53. The van der Waals surface area contributed by atoms with Crippen molar-refractivity contribution in [3.63, 3.8) is 0 Å². The molecule has 82 valence electrons. The summed E-state index contributed by atoms with van der Waals surface area (Å²) in [6.07, 6.45) is 0.731. The predicted molar refractivity (Wildman–Crippen MR) is 61.7 cm³/mol. The monoisotopic (exact) mass is 206 g/mol. The second kappa shape index (κ2) is 5.51. The number of benzene rings is 1. The highest BCUT2D eigenvalue weighted by Crippen LogP contribution is 2.04. The number of nitrogens with zero attached hydrogens (tertiary/aromatic N) is 1. The fraction of sp³-hybridized carbons (Fsp3) is 0.417. The first-order valence-corrected chi connectivity index (χ1v) is 5.07. The highest BCUT2D eigenvalue weighted by Gasteiger charge is 2.17. The Morgan fingerprint density at radius 1 is 1.33 bits per heavy atom. The van der Waals surface area contributed by atoms with Crippen molar-refractivity contribution < 1.29 is 4.79 Å². The van der Waals surface area contributed by atoms with Crippen LogP contribution in [0, 0.1) is 0 Å². The second-order valence-corrected chi connectivity index (χ2v) is 3.76. The summed E-state index contributed by atoms with van der Waals surface area (Å²) in [6.45, 7) is 0. The van der Waals surface area contributed by atoms with Crippen molar-refractivity contribution in [3.8, 4) is 0 Å². The van der Waals surface area contributed by atoms with E-state index in [1.165, 1.54) is 5.56 Å². The van der Waals surface area contributed by atoms with Crippen molar-refractivity contribution in [2.45, 2.75) is 12.5 Å². The lowest BCUT2D eigenvalue weighted by Gasteiger charge is -2.19. The third kappa shape index (κ3) is 3.36. The topological polar surface area (TPSA) is 32.3 Å². The largest absolute Gasteiger partial charge is 0.347 e. The van der Waals surface area contributed by atoms with Crippen LogP contribution in [0.15, 0.2) is 30.3 Å². The molecule has 0 unspecified atom stereocenters. The molecule has 0 aromatic heterocycles. The van der Waals surface area contributed by atoms with Crippen molar-refractivity contribution in [1.82, 2.24) is 10.2 Å². The molecule has 1 N–H and O–H groups in total. The number of nitrogens with one attached hydrogen (secondary N) is 1. The Labute approximate surface area is 91.1 Å². The number of amides is 1. The van der Waals surface area contributed by atoms with Gasteiger partial charge in [-0.2, -0.15) is 0 Å². The van der Waals surface area contributed by atoms with Gasteiger partial charge in [-0.05, 0) is 19.0 Å². The van der Waals surface area contributed by atoms with Crippen LogP contribution in [0.2, 0.25) is 0 Å². The molecule has 1 aromatic rings. The van der Waals surface area contributed by atoms with Crippen molar-refractivity contribution in [2.75, 3.05) is 21.1 Å². The van der Waals surface area contributed by atoms with Crippen LogP contribution in [-0.4, -0.2) is 38.0 Å². The molecule has 3 heteroatoms. The van der Waals surface area contributed by atoms with Crippen molar-refractivity contribution in [1.29, 1.82) is 0 Å². The molecule has 0 aliphatic carbocycles. The van der Waals surface area contributed by atoms with Crippen LogP contribution >= 0.6 is 0 Å². The Morgan fingerprint density at radius 2 is 1.93 bits per heavy atom. The van der Waals surface area contributed by atoms with Crippen molar-refractivity contribution in [3.05, 3.63) is 35.9 Å². The summed E-state index contributed by atoms with van der Waals surface area (Å²) in [6, 6.07) is 9.89. The lowest BCUT2D eigenvalue weighted by atomic mass is 10.1. The maximum atomic E-state index is 11.7. The third-order valence-corrected chi connectivity index (χ3v) is 2.37. The molecular weight excluding hydrogens is 188 g/mol. The lowest BCUT2D eigenvalue weighted by Crippen LogP contribution is -2.43. The summed E-state index contributed by atoms with van der Waals surface area (Å²) in [5.41, 5.74) is 1.17. The SMILES string of the molecule is CN[C@@H](Cc1ccccc1)C(=O)N(C)C. The van der Waals surface area contributed by atoms with E-state index in [1.807, 2.05) is 37.4 Å². The summed E-state index contributed by atoms with van der Waals surface area (Å²) in [5.74, 6) is 0.112. The van der Waals surface area contributed by atoms with E-state index < -0.39 is 0 Å². The molecule has 1 amide bonds. The first kappa shape index (κ1) is 11.7. The van der Waals surface area contributed by atoms with Gasteiger partial charge in [0.1, 0.15) is 0 Å². The molecule has 0 spiro atoms. The van der Waals surface area contributed by atoms with Crippen molar-refractivity contribution in [2.24, 2.45) is 0 Å². The molecule has 0 fully saturated rings. The third-order valence-electron chi connectivity index (χ3n) is 2.37. The standard InChI is InChI=1S/C12H18N2O/c1-13-11(12(15)14(2)3)9-10-7-5-4-6-8-10/h4-8,11,13H,9H2,1-3H3/t11-/m0/s1. The maximum Gasteiger partial charge on any atom is 0.239 e. The minimum absolute atomic E-state index is 0.112. The second-order valence-electron chi connectivity index (χ2n) is 3.76. The molecular formula is C12H18N2O. The number of carbonyl (C=O) groups is 1. The molecule has 3 nitrogen and oxygen atoms in total. The molecule has 0 saturated carbocycles. The summed E-state index contributed by atoms with van der Waals surface area (Å²) < 4.78 is 0. The lowest BCUT2D eigenvalue weighted by molar-refractivity contribution is -0.130. The van der Waals surface area contributed by atoms with E-state index in [0.717, 1.165) is 6.42 Å². The van der Waals surface area contributed by atoms with Crippen molar-refractivity contribution >= 4 is 5.91 Å². The minimum atomic E-state index is -0.137. The van der Waals surface area contributed by atoms with Gasteiger partial charge in [0.25, 0.3) is 0 Å². The van der Waals surface area contributed by atoms with Gasteiger partial charge in [-0.1, -0.05) is 30.3 Å². The predicted octanol–water partition coefficient (Wildman–Crippen LogP) is 0.905. The average Bonchev–Trinajstić information content (AvgIpc) is 2.26. The fourth-order valence-corrected chi connectivity index (χ4v) is 1.47. The van der Waals surface area contributed by atoms with E-state index in [0.29, 0.717) is 0 Å². The van der Waals surface area contributed by atoms with Gasteiger partial charge >= 0.3 is 0 Å². The summed E-state index contributed by atoms with van der Waals surface area (Å²) in [4.78, 5) is 13.4. The summed E-state index contributed by atoms with van der Waals surface area (Å²) in [7, 11) is 5.37. The van der Waals surface area contributed by atoms with Crippen LogP contribution in [0.4, 0.5) is 0 Å². The Kier molecular flexibility index (Phi) is 4.31. The number of likely N-dealkylation sites (N-methyl/N-ethyl adjacent to an activating group) is 2. The van der Waals surface area contributed by atoms with Crippen LogP contribution in [0.3, 0.4) is 0 Å². The Balaban J connectivity index is 2.66. The molecule has 1 rings (SSSR count). The Morgan fingerprint density at radius 3 is 2.40 bits per heavy atom. The molecule has 0 bridgehead atoms. The van der Waals surface area contributed by atoms with Gasteiger partial charge in [-0.15, -0.1) is 0 Å². The van der Waals surface area contributed by atoms with Gasteiger partial charge in [0, 0.05) is 14.1 Å². The molecule has 0 heterocycles. The average molecular weight is 206 g/mol. The number of rotatable bonds is 4. The van der Waals surface area contributed by atoms with E-state index in [2.05, 4.69) is 5.32 Å². The highest BCUT2D eigenvalue weighted by atomic mass is 16.2. The number of hydrogen-bond acceptors (Lipinski definition) is 2. The smallest absolute Gasteiger partial charge is 0.239 e. The zero-order valence-corrected chi connectivity index (χ0v) is 9.53. The maximum absolute atomic E-state index is 11.7. The molecule has 0 aliphatic heterocycles. The van der Waals surface area contributed by atoms with Gasteiger partial charge in [0.15, 0.2) is 0 Å². The normalized spacial score (nSPS) is 12.2. The number of carbonyl (C=O) groups excluding carboxylic acids is 1. The summed E-state index contributed by atoms with van der Waals surface area (Å²) in [5, 5.41) is 3.04. The Hall–Kier alpha value is -1.35. The Bertz CT molecular complexity index is 309. The molecule has 1 aromatic carbocycles. The van der Waals surface area contributed by atoms with E-state index in [9.17, 15) is 4.79 Å². The minimum Gasteiger partial charge on any atom is -0.347 e. The van der Waals surface area contributed by atoms with Gasteiger partial charge in [0.05, 0.1) is 6.04 Å².